The molecule has 3 heterocycles. The van der Waals surface area contributed by atoms with Gasteiger partial charge in [-0.25, -0.2) is 22.6 Å². The monoisotopic (exact) mass is 705 g/mol. The molecule has 4 aromatic rings. The number of carbonyl (C=O) groups excluding carboxylic acids is 2. The van der Waals surface area contributed by atoms with Crippen molar-refractivity contribution in [3.63, 3.8) is 0 Å². The summed E-state index contributed by atoms with van der Waals surface area (Å²) in [5, 5.41) is 13.6. The number of fused-ring (bicyclic) bond motifs is 1. The highest BCUT2D eigenvalue weighted by Gasteiger charge is 2.41. The van der Waals surface area contributed by atoms with Gasteiger partial charge in [0.2, 0.25) is 5.82 Å². The van der Waals surface area contributed by atoms with Crippen molar-refractivity contribution < 1.29 is 44.8 Å². The first kappa shape index (κ1) is 35.3. The molecule has 0 unspecified atom stereocenters. The maximum absolute atomic E-state index is 15.8. The Balaban J connectivity index is 1.60. The van der Waals surface area contributed by atoms with Crippen LogP contribution in [0.3, 0.4) is 0 Å². The van der Waals surface area contributed by atoms with E-state index >= 15 is 4.39 Å². The van der Waals surface area contributed by atoms with Gasteiger partial charge in [-0.1, -0.05) is 50.2 Å². The predicted octanol–water partition coefficient (Wildman–Crippen LogP) is 5.26. The molecule has 49 heavy (non-hydrogen) atoms. The van der Waals surface area contributed by atoms with Gasteiger partial charge < -0.3 is 19.5 Å². The van der Waals surface area contributed by atoms with Crippen molar-refractivity contribution in [2.75, 3.05) is 10.7 Å². The molecule has 2 aromatic heterocycles. The summed E-state index contributed by atoms with van der Waals surface area (Å²) < 4.78 is 91.6. The van der Waals surface area contributed by atoms with E-state index in [-0.39, 0.29) is 40.7 Å². The van der Waals surface area contributed by atoms with Gasteiger partial charge in [-0.2, -0.15) is 23.3 Å². The smallest absolute Gasteiger partial charge is 0.444 e. The number of benzene rings is 2. The van der Waals surface area contributed by atoms with E-state index in [0.717, 1.165) is 11.0 Å². The van der Waals surface area contributed by atoms with Crippen LogP contribution in [0.5, 0.6) is 0 Å². The number of sulfone groups is 1. The summed E-state index contributed by atoms with van der Waals surface area (Å²) in [6.45, 7) is 9.91. The molecule has 0 bridgehead atoms. The van der Waals surface area contributed by atoms with Gasteiger partial charge in [-0.05, 0) is 38.5 Å². The third-order valence-corrected chi connectivity index (χ3v) is 8.81. The maximum atomic E-state index is 15.8. The van der Waals surface area contributed by atoms with Gasteiger partial charge in [-0.3, -0.25) is 4.79 Å². The number of carbonyl (C=O) groups is 2. The Morgan fingerprint density at radius 3 is 2.33 bits per heavy atom. The van der Waals surface area contributed by atoms with Crippen LogP contribution in [0.25, 0.3) is 22.6 Å². The average Bonchev–Trinajstić information content (AvgIpc) is 3.47. The minimum Gasteiger partial charge on any atom is -0.444 e. The van der Waals surface area contributed by atoms with Crippen molar-refractivity contribution in [2.45, 2.75) is 76.2 Å². The van der Waals surface area contributed by atoms with Crippen LogP contribution >= 0.6 is 0 Å². The summed E-state index contributed by atoms with van der Waals surface area (Å²) in [5.74, 6) is -4.31. The van der Waals surface area contributed by atoms with Gasteiger partial charge in [0.25, 0.3) is 5.91 Å². The maximum Gasteiger partial charge on any atom is 0.471 e. The first-order valence-electron chi connectivity index (χ1n) is 14.7. The molecule has 2 amide bonds. The molecule has 0 fully saturated rings. The number of alkyl carbamates (subject to hydrolysis) is 1. The Morgan fingerprint density at radius 1 is 1.06 bits per heavy atom. The number of nitrogens with zero attached hydrogens (tertiary/aromatic N) is 6. The van der Waals surface area contributed by atoms with E-state index < -0.39 is 67.4 Å². The second-order valence-corrected chi connectivity index (χ2v) is 15.2. The standard InChI is InChI=1S/C31H31F4N7O6S/c1-29(2,3)26-37-20(13-36-40-26)18-11-22-23(12-19(18)32)49(45,46)15-21(38-28(44)47-30(4,5)6)25(43)42(22)14-16-7-9-17(10-8-16)24-39-27(48-41-24)31(33,34)35/h7-13,21H,14-15H2,1-6H3,(H,38,44)/t21-/m0/s1. The van der Waals surface area contributed by atoms with Crippen molar-refractivity contribution >= 4 is 27.5 Å². The molecule has 18 heteroatoms. The van der Waals surface area contributed by atoms with Crippen LogP contribution in [0.15, 0.2) is 52.0 Å². The van der Waals surface area contributed by atoms with Gasteiger partial charge in [0, 0.05) is 16.5 Å². The molecule has 1 aliphatic rings. The number of amides is 2. The number of hydrogen-bond acceptors (Lipinski definition) is 11. The molecule has 1 aliphatic heterocycles. The van der Waals surface area contributed by atoms with Crippen molar-refractivity contribution in [3.8, 4) is 22.6 Å². The van der Waals surface area contributed by atoms with Crippen LogP contribution in [-0.2, 0) is 37.5 Å². The van der Waals surface area contributed by atoms with E-state index in [2.05, 4.69) is 35.2 Å². The molecule has 2 aromatic carbocycles. The largest absolute Gasteiger partial charge is 0.471 e. The van der Waals surface area contributed by atoms with Gasteiger partial charge >= 0.3 is 18.2 Å². The number of nitrogens with one attached hydrogen (secondary N) is 1. The lowest BCUT2D eigenvalue weighted by Gasteiger charge is -2.27. The van der Waals surface area contributed by atoms with E-state index in [0.29, 0.717) is 5.56 Å². The van der Waals surface area contributed by atoms with Crippen molar-refractivity contribution in [1.29, 1.82) is 0 Å². The first-order valence-corrected chi connectivity index (χ1v) is 16.4. The zero-order valence-corrected chi connectivity index (χ0v) is 27.9. The Hall–Kier alpha value is -5.00. The van der Waals surface area contributed by atoms with Crippen LogP contribution in [0.2, 0.25) is 0 Å². The second kappa shape index (κ2) is 12.5. The fourth-order valence-electron chi connectivity index (χ4n) is 4.75. The zero-order chi connectivity index (χ0) is 36.1. The topological polar surface area (TPSA) is 170 Å². The van der Waals surface area contributed by atoms with Gasteiger partial charge in [-0.15, -0.1) is 5.10 Å². The van der Waals surface area contributed by atoms with E-state index in [1.165, 1.54) is 36.5 Å². The fraction of sp³-hybridized carbons (Fsp3) is 0.387. The van der Waals surface area contributed by atoms with E-state index in [4.69, 9.17) is 4.74 Å². The lowest BCUT2D eigenvalue weighted by Crippen LogP contribution is -2.51. The molecule has 0 radical (unpaired) electrons. The highest BCUT2D eigenvalue weighted by Crippen LogP contribution is 2.37. The number of alkyl halides is 3. The van der Waals surface area contributed by atoms with Crippen molar-refractivity contribution in [2.24, 2.45) is 0 Å². The summed E-state index contributed by atoms with van der Waals surface area (Å²) in [6, 6.07) is 5.98. The molecule has 260 valence electrons. The molecule has 1 atom stereocenters. The van der Waals surface area contributed by atoms with E-state index in [1.807, 2.05) is 20.8 Å². The molecule has 0 saturated carbocycles. The van der Waals surface area contributed by atoms with Crippen LogP contribution in [0.1, 0.15) is 58.8 Å². The number of halogens is 4. The normalized spacial score (nSPS) is 16.6. The van der Waals surface area contributed by atoms with Crippen molar-refractivity contribution in [3.05, 3.63) is 65.7 Å². The van der Waals surface area contributed by atoms with Gasteiger partial charge in [0.15, 0.2) is 15.7 Å². The fourth-order valence-corrected chi connectivity index (χ4v) is 6.37. The molecular formula is C31H31F4N7O6S. The number of anilines is 1. The SMILES string of the molecule is CC(C)(C)OC(=O)N[C@H]1CS(=O)(=O)c2cc(F)c(-c3cnnc(C(C)(C)C)n3)cc2N(Cc2ccc(-c3noc(C(F)(F)F)n3)cc2)C1=O. The summed E-state index contributed by atoms with van der Waals surface area (Å²) in [5.41, 5.74) is -1.35. The van der Waals surface area contributed by atoms with Crippen molar-refractivity contribution in [1.82, 2.24) is 30.6 Å². The molecule has 0 saturated heterocycles. The Morgan fingerprint density at radius 2 is 1.73 bits per heavy atom. The lowest BCUT2D eigenvalue weighted by molar-refractivity contribution is -0.159. The predicted molar refractivity (Wildman–Crippen MR) is 165 cm³/mol. The van der Waals surface area contributed by atoms with Crippen LogP contribution < -0.4 is 10.2 Å². The Kier molecular flexibility index (Phi) is 8.98. The average molecular weight is 706 g/mol. The molecule has 1 N–H and O–H groups in total. The summed E-state index contributed by atoms with van der Waals surface area (Å²) in [7, 11) is -4.42. The zero-order valence-electron chi connectivity index (χ0n) is 27.1. The number of rotatable bonds is 5. The first-order chi connectivity index (χ1) is 22.6. The minimum absolute atomic E-state index is 0.0281. The van der Waals surface area contributed by atoms with E-state index in [9.17, 15) is 31.2 Å². The van der Waals surface area contributed by atoms with Crippen LogP contribution in [0, 0.1) is 5.82 Å². The molecular weight excluding hydrogens is 674 g/mol. The lowest BCUT2D eigenvalue weighted by atomic mass is 9.96. The Labute approximate surface area is 278 Å². The molecule has 0 aliphatic carbocycles. The quantitative estimate of drug-likeness (QED) is 0.269. The van der Waals surface area contributed by atoms with Crippen LogP contribution in [0.4, 0.5) is 28.0 Å². The minimum atomic E-state index is -4.84. The summed E-state index contributed by atoms with van der Waals surface area (Å²) >= 11 is 0. The van der Waals surface area contributed by atoms with Gasteiger partial charge in [0.05, 0.1) is 34.8 Å². The summed E-state index contributed by atoms with van der Waals surface area (Å²) in [6.07, 6.45) is -4.70. The molecule has 13 nitrogen and oxygen atoms in total. The summed E-state index contributed by atoms with van der Waals surface area (Å²) in [4.78, 5) is 35.2. The highest BCUT2D eigenvalue weighted by atomic mass is 32.2. The third kappa shape index (κ3) is 7.84. The number of ether oxygens (including phenoxy) is 1. The van der Waals surface area contributed by atoms with Gasteiger partial charge in [0.1, 0.15) is 17.5 Å². The molecule has 5 rings (SSSR count). The number of aromatic nitrogens is 5. The van der Waals surface area contributed by atoms with Crippen LogP contribution in [-0.4, -0.2) is 63.1 Å². The Bertz CT molecular complexity index is 2020. The molecule has 0 spiro atoms. The highest BCUT2D eigenvalue weighted by molar-refractivity contribution is 7.91. The van der Waals surface area contributed by atoms with E-state index in [1.54, 1.807) is 20.8 Å². The third-order valence-electron chi connectivity index (χ3n) is 7.04. The second-order valence-electron chi connectivity index (χ2n) is 13.2. The number of hydrogen-bond donors (Lipinski definition) is 1.